The molecule has 0 saturated carbocycles. The van der Waals surface area contributed by atoms with E-state index in [1.54, 1.807) is 0 Å². The van der Waals surface area contributed by atoms with Crippen LogP contribution in [0.3, 0.4) is 0 Å². The third-order valence-corrected chi connectivity index (χ3v) is 1.95. The van der Waals surface area contributed by atoms with Gasteiger partial charge >= 0.3 is 12.1 Å². The predicted octanol–water partition coefficient (Wildman–Crippen LogP) is 0.468. The van der Waals surface area contributed by atoms with Crippen LogP contribution in [0.1, 0.15) is 6.42 Å². The Morgan fingerprint density at radius 1 is 1.69 bits per heavy atom. The minimum Gasteiger partial charge on any atom is -0.480 e. The van der Waals surface area contributed by atoms with Crippen molar-refractivity contribution in [3.8, 4) is 0 Å². The van der Waals surface area contributed by atoms with Gasteiger partial charge in [0.25, 0.3) is 0 Å². The van der Waals surface area contributed by atoms with Gasteiger partial charge in [-0.15, -0.1) is 0 Å². The molecule has 72 valence electrons. The zero-order valence-corrected chi connectivity index (χ0v) is 7.32. The standard InChI is InChI=1S/C8H11NO4/c1-5-3-6(7(10)11)9(4-5)8(12)13-2/h6H,1,3-4H2,2H3,(H,10,11)/t6-/m0/s1. The van der Waals surface area contributed by atoms with Gasteiger partial charge in [0.2, 0.25) is 0 Å². The molecule has 13 heavy (non-hydrogen) atoms. The lowest BCUT2D eigenvalue weighted by Gasteiger charge is -2.18. The molecule has 1 fully saturated rings. The largest absolute Gasteiger partial charge is 0.480 e. The molecule has 1 rings (SSSR count). The van der Waals surface area contributed by atoms with E-state index in [9.17, 15) is 9.59 Å². The van der Waals surface area contributed by atoms with Crippen LogP contribution in [0.4, 0.5) is 4.79 Å². The highest BCUT2D eigenvalue weighted by molar-refractivity contribution is 5.81. The highest BCUT2D eigenvalue weighted by Crippen LogP contribution is 2.21. The number of methoxy groups -OCH3 is 1. The Morgan fingerprint density at radius 3 is 2.77 bits per heavy atom. The Morgan fingerprint density at radius 2 is 2.31 bits per heavy atom. The van der Waals surface area contributed by atoms with Gasteiger partial charge in [-0.2, -0.15) is 0 Å². The van der Waals surface area contributed by atoms with Crippen molar-refractivity contribution in [2.75, 3.05) is 13.7 Å². The number of carbonyl (C=O) groups is 2. The first-order valence-electron chi connectivity index (χ1n) is 3.80. The van der Waals surface area contributed by atoms with Crippen LogP contribution < -0.4 is 0 Å². The van der Waals surface area contributed by atoms with Crippen molar-refractivity contribution in [3.63, 3.8) is 0 Å². The lowest BCUT2D eigenvalue weighted by atomic mass is 10.2. The maximum Gasteiger partial charge on any atom is 0.410 e. The first-order chi connectivity index (χ1) is 6.06. The lowest BCUT2D eigenvalue weighted by Crippen LogP contribution is -2.40. The normalized spacial score (nSPS) is 21.8. The molecule has 1 amide bonds. The van der Waals surface area contributed by atoms with Crippen molar-refractivity contribution >= 4 is 12.1 Å². The second kappa shape index (κ2) is 3.47. The fraction of sp³-hybridized carbons (Fsp3) is 0.500. The molecule has 0 bridgehead atoms. The lowest BCUT2D eigenvalue weighted by molar-refractivity contribution is -0.141. The molecule has 0 radical (unpaired) electrons. The fourth-order valence-electron chi connectivity index (χ4n) is 1.33. The summed E-state index contributed by atoms with van der Waals surface area (Å²) in [7, 11) is 1.22. The quantitative estimate of drug-likeness (QED) is 0.603. The third-order valence-electron chi connectivity index (χ3n) is 1.95. The summed E-state index contributed by atoms with van der Waals surface area (Å²) >= 11 is 0. The van der Waals surface area contributed by atoms with Crippen LogP contribution in [0.5, 0.6) is 0 Å². The zero-order valence-electron chi connectivity index (χ0n) is 7.32. The molecule has 0 spiro atoms. The van der Waals surface area contributed by atoms with Crippen LogP contribution >= 0.6 is 0 Å². The first-order valence-corrected chi connectivity index (χ1v) is 3.80. The molecule has 0 aromatic heterocycles. The fourth-order valence-corrected chi connectivity index (χ4v) is 1.33. The summed E-state index contributed by atoms with van der Waals surface area (Å²) in [6, 6.07) is -0.819. The van der Waals surface area contributed by atoms with Crippen LogP contribution in [0.15, 0.2) is 12.2 Å². The molecule has 1 aliphatic heterocycles. The van der Waals surface area contributed by atoms with Gasteiger partial charge in [-0.1, -0.05) is 12.2 Å². The van der Waals surface area contributed by atoms with Gasteiger partial charge in [-0.05, 0) is 0 Å². The Hall–Kier alpha value is -1.52. The summed E-state index contributed by atoms with van der Waals surface area (Å²) in [5.74, 6) is -1.02. The van der Waals surface area contributed by atoms with Crippen molar-refractivity contribution < 1.29 is 19.4 Å². The Bertz CT molecular complexity index is 261. The number of likely N-dealkylation sites (tertiary alicyclic amines) is 1. The number of carboxylic acid groups (broad SMARTS) is 1. The minimum absolute atomic E-state index is 0.268. The zero-order chi connectivity index (χ0) is 10.0. The number of aliphatic carboxylic acids is 1. The smallest absolute Gasteiger partial charge is 0.410 e. The molecule has 5 nitrogen and oxygen atoms in total. The van der Waals surface area contributed by atoms with E-state index in [4.69, 9.17) is 5.11 Å². The van der Waals surface area contributed by atoms with Crippen molar-refractivity contribution in [2.24, 2.45) is 0 Å². The first kappa shape index (κ1) is 9.57. The van der Waals surface area contributed by atoms with E-state index < -0.39 is 18.1 Å². The van der Waals surface area contributed by atoms with Crippen molar-refractivity contribution in [3.05, 3.63) is 12.2 Å². The molecule has 0 aromatic rings. The van der Waals surface area contributed by atoms with Crippen molar-refractivity contribution in [1.82, 2.24) is 4.90 Å². The number of nitrogens with zero attached hydrogens (tertiary/aromatic N) is 1. The summed E-state index contributed by atoms with van der Waals surface area (Å²) in [6.45, 7) is 3.91. The van der Waals surface area contributed by atoms with Crippen LogP contribution in [0.25, 0.3) is 0 Å². The highest BCUT2D eigenvalue weighted by Gasteiger charge is 2.36. The maximum atomic E-state index is 11.1. The summed E-state index contributed by atoms with van der Waals surface area (Å²) < 4.78 is 4.45. The number of carboxylic acids is 1. The Kier molecular flexibility index (Phi) is 2.55. The number of hydrogen-bond donors (Lipinski definition) is 1. The molecule has 0 aliphatic carbocycles. The average Bonchev–Trinajstić information content (AvgIpc) is 2.46. The van der Waals surface area contributed by atoms with Crippen LogP contribution in [0, 0.1) is 0 Å². The topological polar surface area (TPSA) is 66.8 Å². The molecule has 1 saturated heterocycles. The second-order valence-corrected chi connectivity index (χ2v) is 2.91. The van der Waals surface area contributed by atoms with Crippen LogP contribution in [-0.2, 0) is 9.53 Å². The Balaban J connectivity index is 2.77. The van der Waals surface area contributed by atoms with Gasteiger partial charge in [0.05, 0.1) is 7.11 Å². The van der Waals surface area contributed by atoms with E-state index in [0.717, 1.165) is 10.5 Å². The van der Waals surface area contributed by atoms with Gasteiger partial charge < -0.3 is 9.84 Å². The minimum atomic E-state index is -1.02. The number of amides is 1. The van der Waals surface area contributed by atoms with E-state index in [-0.39, 0.29) is 6.54 Å². The third kappa shape index (κ3) is 1.80. The number of ether oxygens (including phenoxy) is 1. The van der Waals surface area contributed by atoms with E-state index in [2.05, 4.69) is 11.3 Å². The van der Waals surface area contributed by atoms with E-state index >= 15 is 0 Å². The van der Waals surface area contributed by atoms with E-state index in [0.29, 0.717) is 6.42 Å². The summed E-state index contributed by atoms with van der Waals surface area (Å²) in [5, 5.41) is 8.76. The second-order valence-electron chi connectivity index (χ2n) is 2.91. The van der Waals surface area contributed by atoms with Gasteiger partial charge in [0, 0.05) is 13.0 Å². The Labute approximate surface area is 75.6 Å². The SMILES string of the molecule is C=C1C[C@@H](C(=O)O)N(C(=O)OC)C1. The molecule has 1 heterocycles. The van der Waals surface area contributed by atoms with Crippen LogP contribution in [-0.4, -0.2) is 41.8 Å². The van der Waals surface area contributed by atoms with E-state index in [1.807, 2.05) is 0 Å². The molecule has 0 unspecified atom stereocenters. The van der Waals surface area contributed by atoms with Crippen molar-refractivity contribution in [1.29, 1.82) is 0 Å². The summed E-state index contributed by atoms with van der Waals surface area (Å²) in [6.07, 6.45) is -0.309. The highest BCUT2D eigenvalue weighted by atomic mass is 16.5. The van der Waals surface area contributed by atoms with Crippen molar-refractivity contribution in [2.45, 2.75) is 12.5 Å². The summed E-state index contributed by atoms with van der Waals surface area (Å²) in [4.78, 5) is 22.9. The average molecular weight is 185 g/mol. The number of carbonyl (C=O) groups excluding carboxylic acids is 1. The predicted molar refractivity (Wildman–Crippen MR) is 44.3 cm³/mol. The molecular weight excluding hydrogens is 174 g/mol. The summed E-state index contributed by atoms with van der Waals surface area (Å²) in [5.41, 5.74) is 0.734. The maximum absolute atomic E-state index is 11.1. The number of hydrogen-bond acceptors (Lipinski definition) is 3. The van der Waals surface area contributed by atoms with Gasteiger partial charge in [0.1, 0.15) is 6.04 Å². The molecule has 1 N–H and O–H groups in total. The van der Waals surface area contributed by atoms with Gasteiger partial charge in [-0.25, -0.2) is 9.59 Å². The monoisotopic (exact) mass is 185 g/mol. The van der Waals surface area contributed by atoms with Gasteiger partial charge in [0.15, 0.2) is 0 Å². The molecule has 5 heteroatoms. The number of rotatable bonds is 1. The molecular formula is C8H11NO4. The van der Waals surface area contributed by atoms with Crippen LogP contribution in [0.2, 0.25) is 0 Å². The van der Waals surface area contributed by atoms with Gasteiger partial charge in [-0.3, -0.25) is 4.90 Å². The molecule has 1 aliphatic rings. The molecule has 1 atom stereocenters. The molecule has 0 aromatic carbocycles. The van der Waals surface area contributed by atoms with E-state index in [1.165, 1.54) is 7.11 Å².